The Balaban J connectivity index is 1.62. The molecule has 1 saturated heterocycles. The van der Waals surface area contributed by atoms with E-state index < -0.39 is 9.84 Å². The standard InChI is InChI=1S/C18H27NO3S/c1-23(20,21)17-10-6-5-9-16(17)19-13-15-11-12-22-18(15)14-7-3-2-4-8-14/h2-4,7-8,15-19H,5-6,9-13H2,1H3/t15-,16-,17+,18+/m0/s1. The molecule has 0 unspecified atom stereocenters. The van der Waals surface area contributed by atoms with E-state index in [1.54, 1.807) is 0 Å². The van der Waals surface area contributed by atoms with Crippen LogP contribution in [0.5, 0.6) is 0 Å². The molecule has 1 aromatic carbocycles. The van der Waals surface area contributed by atoms with E-state index in [0.29, 0.717) is 5.92 Å². The second-order valence-corrected chi connectivity index (χ2v) is 9.18. The van der Waals surface area contributed by atoms with Crippen LogP contribution in [0.25, 0.3) is 0 Å². The maximum absolute atomic E-state index is 12.0. The molecule has 3 rings (SSSR count). The van der Waals surface area contributed by atoms with Crippen LogP contribution in [0.2, 0.25) is 0 Å². The van der Waals surface area contributed by atoms with E-state index in [1.165, 1.54) is 11.8 Å². The number of nitrogens with one attached hydrogen (secondary N) is 1. The van der Waals surface area contributed by atoms with Crippen LogP contribution in [0, 0.1) is 5.92 Å². The van der Waals surface area contributed by atoms with Gasteiger partial charge in [0, 0.05) is 31.4 Å². The lowest BCUT2D eigenvalue weighted by atomic mass is 9.92. The van der Waals surface area contributed by atoms with Crippen LogP contribution in [0.3, 0.4) is 0 Å². The zero-order chi connectivity index (χ0) is 16.3. The van der Waals surface area contributed by atoms with Crippen molar-refractivity contribution in [2.45, 2.75) is 49.5 Å². The summed E-state index contributed by atoms with van der Waals surface area (Å²) >= 11 is 0. The Morgan fingerprint density at radius 2 is 1.87 bits per heavy atom. The Bertz CT molecular complexity index is 602. The fourth-order valence-corrected chi connectivity index (χ4v) is 5.42. The molecule has 128 valence electrons. The highest BCUT2D eigenvalue weighted by Crippen LogP contribution is 2.34. The normalized spacial score (nSPS) is 32.0. The number of sulfone groups is 1. The van der Waals surface area contributed by atoms with Crippen LogP contribution in [-0.4, -0.2) is 39.1 Å². The minimum atomic E-state index is -2.98. The van der Waals surface area contributed by atoms with Gasteiger partial charge in [0.1, 0.15) is 0 Å². The lowest BCUT2D eigenvalue weighted by Gasteiger charge is -2.32. The molecule has 0 amide bonds. The second-order valence-electron chi connectivity index (χ2n) is 6.92. The van der Waals surface area contributed by atoms with Gasteiger partial charge in [-0.05, 0) is 24.8 Å². The molecule has 23 heavy (non-hydrogen) atoms. The predicted molar refractivity (Wildman–Crippen MR) is 92.1 cm³/mol. The van der Waals surface area contributed by atoms with Crippen molar-refractivity contribution in [3.63, 3.8) is 0 Å². The van der Waals surface area contributed by atoms with Crippen molar-refractivity contribution in [1.29, 1.82) is 0 Å². The van der Waals surface area contributed by atoms with Gasteiger partial charge in [-0.1, -0.05) is 43.2 Å². The summed E-state index contributed by atoms with van der Waals surface area (Å²) < 4.78 is 30.0. The maximum atomic E-state index is 12.0. The first-order chi connectivity index (χ1) is 11.1. The van der Waals surface area contributed by atoms with Crippen molar-refractivity contribution in [3.8, 4) is 0 Å². The first-order valence-electron chi connectivity index (χ1n) is 8.64. The first-order valence-corrected chi connectivity index (χ1v) is 10.6. The molecule has 1 N–H and O–H groups in total. The van der Waals surface area contributed by atoms with Crippen molar-refractivity contribution >= 4 is 9.84 Å². The predicted octanol–water partition coefficient (Wildman–Crippen LogP) is 2.71. The van der Waals surface area contributed by atoms with Gasteiger partial charge in [-0.2, -0.15) is 0 Å². The van der Waals surface area contributed by atoms with Gasteiger partial charge < -0.3 is 10.1 Å². The minimum absolute atomic E-state index is 0.0933. The maximum Gasteiger partial charge on any atom is 0.151 e. The molecule has 2 fully saturated rings. The molecule has 0 radical (unpaired) electrons. The summed E-state index contributed by atoms with van der Waals surface area (Å²) in [6.07, 6.45) is 6.43. The number of hydrogen-bond donors (Lipinski definition) is 1. The molecule has 1 aromatic rings. The fourth-order valence-electron chi connectivity index (χ4n) is 4.00. The SMILES string of the molecule is CS(=O)(=O)[C@@H]1CCCC[C@@H]1NC[C@@H]1CCO[C@@H]1c1ccccc1. The van der Waals surface area contributed by atoms with Crippen molar-refractivity contribution in [2.75, 3.05) is 19.4 Å². The lowest BCUT2D eigenvalue weighted by Crippen LogP contribution is -2.47. The average molecular weight is 337 g/mol. The Kier molecular flexibility index (Phi) is 5.39. The van der Waals surface area contributed by atoms with Gasteiger partial charge in [-0.25, -0.2) is 8.42 Å². The molecule has 1 aliphatic carbocycles. The molecular weight excluding hydrogens is 310 g/mol. The molecule has 1 saturated carbocycles. The topological polar surface area (TPSA) is 55.4 Å². The number of ether oxygens (including phenoxy) is 1. The van der Waals surface area contributed by atoms with E-state index >= 15 is 0 Å². The van der Waals surface area contributed by atoms with Gasteiger partial charge >= 0.3 is 0 Å². The summed E-state index contributed by atoms with van der Waals surface area (Å²) in [7, 11) is -2.98. The van der Waals surface area contributed by atoms with Crippen LogP contribution in [0.15, 0.2) is 30.3 Å². The molecule has 0 aromatic heterocycles. The van der Waals surface area contributed by atoms with Crippen molar-refractivity contribution < 1.29 is 13.2 Å². The number of benzene rings is 1. The molecule has 1 aliphatic heterocycles. The highest BCUT2D eigenvalue weighted by molar-refractivity contribution is 7.91. The fraction of sp³-hybridized carbons (Fsp3) is 0.667. The summed E-state index contributed by atoms with van der Waals surface area (Å²) in [5.41, 5.74) is 1.22. The van der Waals surface area contributed by atoms with Crippen LogP contribution in [-0.2, 0) is 14.6 Å². The van der Waals surface area contributed by atoms with Gasteiger partial charge in [0.05, 0.1) is 11.4 Å². The number of rotatable bonds is 5. The van der Waals surface area contributed by atoms with Gasteiger partial charge in [-0.15, -0.1) is 0 Å². The Morgan fingerprint density at radius 3 is 2.61 bits per heavy atom. The minimum Gasteiger partial charge on any atom is -0.373 e. The summed E-state index contributed by atoms with van der Waals surface area (Å²) in [6, 6.07) is 10.4. The van der Waals surface area contributed by atoms with E-state index in [4.69, 9.17) is 4.74 Å². The second kappa shape index (κ2) is 7.32. The third-order valence-corrected chi connectivity index (χ3v) is 6.90. The zero-order valence-corrected chi connectivity index (χ0v) is 14.6. The van der Waals surface area contributed by atoms with E-state index in [9.17, 15) is 8.42 Å². The molecule has 2 aliphatic rings. The van der Waals surface area contributed by atoms with E-state index in [0.717, 1.165) is 45.3 Å². The molecule has 5 heteroatoms. The van der Waals surface area contributed by atoms with E-state index in [1.807, 2.05) is 18.2 Å². The molecule has 4 atom stereocenters. The van der Waals surface area contributed by atoms with Gasteiger partial charge in [0.15, 0.2) is 9.84 Å². The van der Waals surface area contributed by atoms with E-state index in [2.05, 4.69) is 17.4 Å². The lowest BCUT2D eigenvalue weighted by molar-refractivity contribution is 0.0894. The van der Waals surface area contributed by atoms with Crippen LogP contribution in [0.1, 0.15) is 43.8 Å². The van der Waals surface area contributed by atoms with E-state index in [-0.39, 0.29) is 17.4 Å². The monoisotopic (exact) mass is 337 g/mol. The molecule has 0 spiro atoms. The largest absolute Gasteiger partial charge is 0.373 e. The van der Waals surface area contributed by atoms with Crippen molar-refractivity contribution in [1.82, 2.24) is 5.32 Å². The summed E-state index contributed by atoms with van der Waals surface area (Å²) in [6.45, 7) is 1.61. The Hall–Kier alpha value is -0.910. The number of hydrogen-bond acceptors (Lipinski definition) is 4. The molecule has 4 nitrogen and oxygen atoms in total. The molecule has 0 bridgehead atoms. The third kappa shape index (κ3) is 4.14. The molecular formula is C18H27NO3S. The summed E-state index contributed by atoms with van der Waals surface area (Å²) in [5, 5.41) is 3.33. The average Bonchev–Trinajstić information content (AvgIpc) is 3.02. The summed E-state index contributed by atoms with van der Waals surface area (Å²) in [4.78, 5) is 0. The Morgan fingerprint density at radius 1 is 1.13 bits per heavy atom. The van der Waals surface area contributed by atoms with Crippen LogP contribution >= 0.6 is 0 Å². The van der Waals surface area contributed by atoms with Gasteiger partial charge in [0.25, 0.3) is 0 Å². The highest BCUT2D eigenvalue weighted by atomic mass is 32.2. The zero-order valence-electron chi connectivity index (χ0n) is 13.8. The van der Waals surface area contributed by atoms with Gasteiger partial charge in [-0.3, -0.25) is 0 Å². The quantitative estimate of drug-likeness (QED) is 0.897. The first kappa shape index (κ1) is 16.9. The van der Waals surface area contributed by atoms with Crippen molar-refractivity contribution in [3.05, 3.63) is 35.9 Å². The van der Waals surface area contributed by atoms with Crippen LogP contribution < -0.4 is 5.32 Å². The Labute approximate surface area is 139 Å². The third-order valence-electron chi connectivity index (χ3n) is 5.24. The smallest absolute Gasteiger partial charge is 0.151 e. The van der Waals surface area contributed by atoms with Crippen molar-refractivity contribution in [2.24, 2.45) is 5.92 Å². The molecule has 1 heterocycles. The van der Waals surface area contributed by atoms with Gasteiger partial charge in [0.2, 0.25) is 0 Å². The summed E-state index contributed by atoms with van der Waals surface area (Å²) in [5.74, 6) is 0.416. The highest BCUT2D eigenvalue weighted by Gasteiger charge is 2.35. The van der Waals surface area contributed by atoms with Crippen LogP contribution in [0.4, 0.5) is 0 Å².